The van der Waals surface area contributed by atoms with Crippen molar-refractivity contribution >= 4 is 16.0 Å². The van der Waals surface area contributed by atoms with Crippen molar-refractivity contribution in [3.05, 3.63) is 36.3 Å². The van der Waals surface area contributed by atoms with E-state index < -0.39 is 16.0 Å². The molecule has 2 heterocycles. The lowest BCUT2D eigenvalue weighted by Crippen LogP contribution is -2.54. The fourth-order valence-electron chi connectivity index (χ4n) is 3.31. The summed E-state index contributed by atoms with van der Waals surface area (Å²) in [4.78, 5) is 17.0. The number of aromatic nitrogens is 3. The van der Waals surface area contributed by atoms with Crippen LogP contribution in [0.1, 0.15) is 25.5 Å². The number of hydrogen-bond acceptors (Lipinski definition) is 6. The Balaban J connectivity index is 1.67. The zero-order valence-corrected chi connectivity index (χ0v) is 16.1. The predicted molar refractivity (Wildman–Crippen MR) is 98.1 cm³/mol. The highest BCUT2D eigenvalue weighted by molar-refractivity contribution is 7.89. The van der Waals surface area contributed by atoms with Crippen LogP contribution in [0.25, 0.3) is 5.82 Å². The van der Waals surface area contributed by atoms with E-state index in [1.165, 1.54) is 10.9 Å². The maximum Gasteiger partial charge on any atom is 0.317 e. The molecule has 1 aliphatic rings. The molecule has 0 saturated heterocycles. The highest BCUT2D eigenvalue weighted by atomic mass is 32.2. The monoisotopic (exact) mass is 393 g/mol. The highest BCUT2D eigenvalue weighted by Gasteiger charge is 2.37. The number of rotatable bonds is 8. The molecule has 1 aliphatic carbocycles. The molecular weight excluding hydrogens is 370 g/mol. The normalized spacial score (nSPS) is 19.8. The second-order valence-electron chi connectivity index (χ2n) is 6.59. The number of carboxylic acids is 1. The third kappa shape index (κ3) is 4.18. The Morgan fingerprint density at radius 1 is 1.41 bits per heavy atom. The largest absolute Gasteiger partial charge is 0.480 e. The number of likely N-dealkylation sites (N-methyl/N-ethyl adjacent to an activating group) is 1. The summed E-state index contributed by atoms with van der Waals surface area (Å²) >= 11 is 0. The minimum atomic E-state index is -3.71. The summed E-state index contributed by atoms with van der Waals surface area (Å²) in [5.41, 5.74) is 0.484. The van der Waals surface area contributed by atoms with Gasteiger partial charge in [0.25, 0.3) is 0 Å². The standard InChI is InChI=1S/C17H23N5O4S/c1-3-21(11-17(23)24)14-8-13(9-14)20-27(25,26)15-10-19-22(12(15)2)16-6-4-5-7-18-16/h4-7,10,13-14,20H,3,8-9,11H2,1-2H3,(H,23,24). The first-order valence-electron chi connectivity index (χ1n) is 8.76. The number of sulfonamides is 1. The summed E-state index contributed by atoms with van der Waals surface area (Å²) in [6.45, 7) is 4.17. The Labute approximate surface area is 158 Å². The number of carboxylic acid groups (broad SMARTS) is 1. The van der Waals surface area contributed by atoms with Gasteiger partial charge in [0.05, 0.1) is 18.4 Å². The van der Waals surface area contributed by atoms with Crippen molar-refractivity contribution < 1.29 is 18.3 Å². The van der Waals surface area contributed by atoms with Gasteiger partial charge in [-0.2, -0.15) is 5.10 Å². The van der Waals surface area contributed by atoms with E-state index in [-0.39, 0.29) is 23.5 Å². The average Bonchev–Trinajstić information content (AvgIpc) is 2.99. The second-order valence-corrected chi connectivity index (χ2v) is 8.28. The van der Waals surface area contributed by atoms with Crippen molar-refractivity contribution in [2.45, 2.75) is 43.7 Å². The minimum absolute atomic E-state index is 0.0312. The van der Waals surface area contributed by atoms with Crippen LogP contribution in [0, 0.1) is 6.92 Å². The summed E-state index contributed by atoms with van der Waals surface area (Å²) in [5, 5.41) is 13.1. The van der Waals surface area contributed by atoms with Crippen LogP contribution in [0.15, 0.2) is 35.5 Å². The number of aliphatic carboxylic acids is 1. The first-order chi connectivity index (χ1) is 12.8. The molecular formula is C17H23N5O4S. The topological polar surface area (TPSA) is 117 Å². The quantitative estimate of drug-likeness (QED) is 0.681. The second kappa shape index (κ2) is 7.75. The summed E-state index contributed by atoms with van der Waals surface area (Å²) in [7, 11) is -3.71. The zero-order valence-electron chi connectivity index (χ0n) is 15.2. The molecule has 0 radical (unpaired) electrons. The van der Waals surface area contributed by atoms with E-state index in [2.05, 4.69) is 14.8 Å². The molecule has 3 rings (SSSR count). The zero-order chi connectivity index (χ0) is 19.6. The summed E-state index contributed by atoms with van der Waals surface area (Å²) in [5.74, 6) is -0.328. The van der Waals surface area contributed by atoms with Gasteiger partial charge >= 0.3 is 5.97 Å². The first kappa shape index (κ1) is 19.5. The van der Waals surface area contributed by atoms with Gasteiger partial charge in [-0.3, -0.25) is 9.69 Å². The van der Waals surface area contributed by atoms with Crippen LogP contribution in [0.2, 0.25) is 0 Å². The average molecular weight is 393 g/mol. The fraction of sp³-hybridized carbons (Fsp3) is 0.471. The van der Waals surface area contributed by atoms with Gasteiger partial charge in [-0.05, 0) is 38.4 Å². The predicted octanol–water partition coefficient (Wildman–Crippen LogP) is 0.792. The molecule has 0 amide bonds. The molecule has 2 N–H and O–H groups in total. The van der Waals surface area contributed by atoms with E-state index in [0.717, 1.165) is 0 Å². The highest BCUT2D eigenvalue weighted by Crippen LogP contribution is 2.27. The number of carbonyl (C=O) groups is 1. The lowest BCUT2D eigenvalue weighted by Gasteiger charge is -2.42. The number of hydrogen-bond donors (Lipinski definition) is 2. The lowest BCUT2D eigenvalue weighted by atomic mass is 9.86. The molecule has 0 unspecified atom stereocenters. The van der Waals surface area contributed by atoms with E-state index >= 15 is 0 Å². The maximum absolute atomic E-state index is 12.7. The van der Waals surface area contributed by atoms with Crippen molar-refractivity contribution in [1.29, 1.82) is 0 Å². The van der Waals surface area contributed by atoms with Crippen molar-refractivity contribution in [1.82, 2.24) is 24.4 Å². The van der Waals surface area contributed by atoms with Crippen LogP contribution in [0.3, 0.4) is 0 Å². The van der Waals surface area contributed by atoms with Crippen molar-refractivity contribution in [3.8, 4) is 5.82 Å². The van der Waals surface area contributed by atoms with E-state index in [4.69, 9.17) is 5.11 Å². The summed E-state index contributed by atoms with van der Waals surface area (Å²) in [6, 6.07) is 5.21. The third-order valence-electron chi connectivity index (χ3n) is 4.82. The van der Waals surface area contributed by atoms with Gasteiger partial charge in [-0.15, -0.1) is 0 Å². The van der Waals surface area contributed by atoms with Crippen LogP contribution in [-0.2, 0) is 14.8 Å². The van der Waals surface area contributed by atoms with E-state index in [1.54, 1.807) is 31.3 Å². The Bertz CT molecular complexity index is 907. The molecule has 146 valence electrons. The first-order valence-corrected chi connectivity index (χ1v) is 10.2. The number of nitrogens with zero attached hydrogens (tertiary/aromatic N) is 4. The van der Waals surface area contributed by atoms with Crippen molar-refractivity contribution in [3.63, 3.8) is 0 Å². The Hall–Kier alpha value is -2.30. The van der Waals surface area contributed by atoms with Crippen LogP contribution in [0.4, 0.5) is 0 Å². The Kier molecular flexibility index (Phi) is 5.59. The van der Waals surface area contributed by atoms with Gasteiger partial charge in [0.2, 0.25) is 10.0 Å². The molecule has 0 aliphatic heterocycles. The van der Waals surface area contributed by atoms with E-state index in [9.17, 15) is 13.2 Å². The molecule has 9 nitrogen and oxygen atoms in total. The Morgan fingerprint density at radius 2 is 2.15 bits per heavy atom. The van der Waals surface area contributed by atoms with E-state index in [0.29, 0.717) is 30.9 Å². The molecule has 0 atom stereocenters. The molecule has 2 aromatic rings. The molecule has 0 aromatic carbocycles. The van der Waals surface area contributed by atoms with Gasteiger partial charge in [-0.1, -0.05) is 13.0 Å². The van der Waals surface area contributed by atoms with Crippen LogP contribution >= 0.6 is 0 Å². The number of pyridine rings is 1. The van der Waals surface area contributed by atoms with Gasteiger partial charge in [0, 0.05) is 18.3 Å². The summed E-state index contributed by atoms with van der Waals surface area (Å²) in [6.07, 6.45) is 4.13. The van der Waals surface area contributed by atoms with Gasteiger partial charge in [-0.25, -0.2) is 22.8 Å². The SMILES string of the molecule is CCN(CC(=O)O)C1CC(NS(=O)(=O)c2cnn(-c3ccccn3)c2C)C1. The van der Waals surface area contributed by atoms with Crippen LogP contribution in [-0.4, -0.2) is 64.3 Å². The van der Waals surface area contributed by atoms with Crippen molar-refractivity contribution in [2.24, 2.45) is 0 Å². The molecule has 2 aromatic heterocycles. The number of nitrogens with one attached hydrogen (secondary N) is 1. The molecule has 10 heteroatoms. The molecule has 0 bridgehead atoms. The third-order valence-corrected chi connectivity index (χ3v) is 6.44. The maximum atomic E-state index is 12.7. The van der Waals surface area contributed by atoms with Crippen LogP contribution in [0.5, 0.6) is 0 Å². The van der Waals surface area contributed by atoms with E-state index in [1.807, 2.05) is 11.8 Å². The molecule has 0 spiro atoms. The smallest absolute Gasteiger partial charge is 0.317 e. The van der Waals surface area contributed by atoms with Gasteiger partial charge in [0.15, 0.2) is 5.82 Å². The molecule has 27 heavy (non-hydrogen) atoms. The van der Waals surface area contributed by atoms with Crippen molar-refractivity contribution in [2.75, 3.05) is 13.1 Å². The summed E-state index contributed by atoms with van der Waals surface area (Å²) < 4.78 is 29.7. The minimum Gasteiger partial charge on any atom is -0.480 e. The molecule has 1 saturated carbocycles. The van der Waals surface area contributed by atoms with Crippen LogP contribution < -0.4 is 4.72 Å². The Morgan fingerprint density at radius 3 is 2.74 bits per heavy atom. The fourth-order valence-corrected chi connectivity index (χ4v) is 4.73. The molecule has 1 fully saturated rings. The van der Waals surface area contributed by atoms with Gasteiger partial charge in [0.1, 0.15) is 4.90 Å². The van der Waals surface area contributed by atoms with Gasteiger partial charge < -0.3 is 5.11 Å². The lowest BCUT2D eigenvalue weighted by molar-refractivity contribution is -0.139.